The molecule has 2 aromatic carbocycles. The number of amides is 7. The first-order valence-corrected chi connectivity index (χ1v) is 25.2. The zero-order chi connectivity index (χ0) is 54.2. The number of methoxy groups -OCH3 is 1. The van der Waals surface area contributed by atoms with Gasteiger partial charge in [-0.1, -0.05) is 102 Å². The maximum Gasteiger partial charge on any atom is 0.272 e. The molecule has 20 heteroatoms. The lowest BCUT2D eigenvalue weighted by Gasteiger charge is -2.43. The van der Waals surface area contributed by atoms with Crippen molar-refractivity contribution in [1.29, 1.82) is 0 Å². The average Bonchev–Trinajstić information content (AvgIpc) is 4.13. The first kappa shape index (κ1) is 57.7. The van der Waals surface area contributed by atoms with Crippen molar-refractivity contribution in [2.75, 3.05) is 34.3 Å². The normalized spacial score (nSPS) is 21.4. The minimum atomic E-state index is -1.01. The Morgan fingerprint density at radius 1 is 0.644 bits per heavy atom. The molecule has 0 bridgehead atoms. The van der Waals surface area contributed by atoms with E-state index in [1.165, 1.54) is 15.9 Å². The lowest BCUT2D eigenvalue weighted by Crippen LogP contribution is -2.66. The summed E-state index contributed by atoms with van der Waals surface area (Å²) >= 11 is 0. The van der Waals surface area contributed by atoms with Crippen LogP contribution in [0.5, 0.6) is 0 Å². The van der Waals surface area contributed by atoms with Gasteiger partial charge in [-0.15, -0.1) is 0 Å². The van der Waals surface area contributed by atoms with Crippen LogP contribution in [-0.4, -0.2) is 150 Å². The second kappa shape index (κ2) is 24.2. The van der Waals surface area contributed by atoms with Crippen LogP contribution < -0.4 is 42.5 Å². The fourth-order valence-corrected chi connectivity index (χ4v) is 9.16. The van der Waals surface area contributed by atoms with E-state index in [-0.39, 0.29) is 67.1 Å². The summed E-state index contributed by atoms with van der Waals surface area (Å²) in [7, 11) is 5.00. The van der Waals surface area contributed by atoms with Gasteiger partial charge >= 0.3 is 0 Å². The van der Waals surface area contributed by atoms with E-state index in [2.05, 4.69) is 52.7 Å². The number of nitrogens with one attached hydrogen (secondary N) is 9. The first-order chi connectivity index (χ1) is 34.2. The van der Waals surface area contributed by atoms with E-state index < -0.39 is 88.5 Å². The molecule has 11 atom stereocenters. The van der Waals surface area contributed by atoms with Crippen molar-refractivity contribution in [3.63, 3.8) is 0 Å². The van der Waals surface area contributed by atoms with Crippen molar-refractivity contribution in [2.45, 2.75) is 155 Å². The fraction of sp³-hybridized carbons (Fsp3) is 0.585. The van der Waals surface area contributed by atoms with Gasteiger partial charge in [0, 0.05) is 44.4 Å². The predicted octanol–water partition coefficient (Wildman–Crippen LogP) is 2.68. The van der Waals surface area contributed by atoms with E-state index in [0.29, 0.717) is 0 Å². The maximum atomic E-state index is 14.8. The Morgan fingerprint density at radius 2 is 1.10 bits per heavy atom. The molecular formula is C53H80N12O8. The number of aromatic nitrogens is 2. The third kappa shape index (κ3) is 14.3. The number of nitrogens with zero attached hydrogens (tertiary/aromatic N) is 3. The van der Waals surface area contributed by atoms with E-state index in [1.807, 2.05) is 130 Å². The molecule has 73 heavy (non-hydrogen) atoms. The largest absolute Gasteiger partial charge is 0.363 e. The summed E-state index contributed by atoms with van der Waals surface area (Å²) in [5, 5.41) is 31.2. The third-order valence-electron chi connectivity index (χ3n) is 14.3. The van der Waals surface area contributed by atoms with Gasteiger partial charge < -0.3 is 51.8 Å². The van der Waals surface area contributed by atoms with Gasteiger partial charge in [-0.3, -0.25) is 44.0 Å². The molecule has 0 aliphatic carbocycles. The highest BCUT2D eigenvalue weighted by Crippen LogP contribution is 2.31. The summed E-state index contributed by atoms with van der Waals surface area (Å²) in [5.41, 5.74) is -0.805. The molecule has 20 nitrogen and oxygen atoms in total. The van der Waals surface area contributed by atoms with Gasteiger partial charge in [-0.05, 0) is 83.5 Å². The molecule has 0 saturated carbocycles. The van der Waals surface area contributed by atoms with Gasteiger partial charge in [0.1, 0.15) is 29.5 Å². The van der Waals surface area contributed by atoms with Crippen molar-refractivity contribution < 1.29 is 38.3 Å². The second-order valence-corrected chi connectivity index (χ2v) is 21.9. The number of aromatic amines is 1. The molecular weight excluding hydrogens is 933 g/mol. The first-order valence-electron chi connectivity index (χ1n) is 25.2. The molecule has 0 radical (unpaired) electrons. The van der Waals surface area contributed by atoms with E-state index in [0.717, 1.165) is 11.1 Å². The zero-order valence-corrected chi connectivity index (χ0v) is 45.1. The Bertz CT molecular complexity index is 2400. The molecule has 1 unspecified atom stereocenters. The lowest BCUT2D eigenvalue weighted by molar-refractivity contribution is -0.146. The van der Waals surface area contributed by atoms with Gasteiger partial charge in [0.05, 0.1) is 24.2 Å². The Labute approximate surface area is 430 Å². The molecule has 3 heterocycles. The van der Waals surface area contributed by atoms with Crippen LogP contribution in [0.2, 0.25) is 0 Å². The maximum absolute atomic E-state index is 14.8. The zero-order valence-electron chi connectivity index (χ0n) is 45.1. The van der Waals surface area contributed by atoms with Gasteiger partial charge in [-0.25, -0.2) is 0 Å². The summed E-state index contributed by atoms with van der Waals surface area (Å²) < 4.78 is 5.91. The van der Waals surface area contributed by atoms with Crippen LogP contribution in [-0.2, 0) is 28.7 Å². The van der Waals surface area contributed by atoms with E-state index >= 15 is 0 Å². The van der Waals surface area contributed by atoms with Crippen LogP contribution in [0, 0.1) is 10.8 Å². The highest BCUT2D eigenvalue weighted by atomic mass is 16.5. The molecule has 7 amide bonds. The number of likely N-dealkylation sites (tertiary alicyclic amines) is 2. The van der Waals surface area contributed by atoms with Crippen molar-refractivity contribution in [2.24, 2.45) is 10.8 Å². The second-order valence-electron chi connectivity index (χ2n) is 21.9. The Hall–Kier alpha value is -6.22. The SMILES string of the molecule is CN[C@@H](C)C(=O)N[C@H](C(=O)N1C[C@@H](NC(=O)c2cc(C(=O)N[C@H]3C[C@@H](C(=O)N[C@H](C)c4ccccc4)N(C(=O)[C@@H](NC(C)(OC)[C@H](C)NC)C(C)(C)C)C3)n[nH]2)C[C@H]1C(=O)N[C@H](C)c1ccccc1)C(C)(C)C. The van der Waals surface area contributed by atoms with E-state index in [9.17, 15) is 33.6 Å². The van der Waals surface area contributed by atoms with Crippen LogP contribution in [0.4, 0.5) is 0 Å². The topological polar surface area (TPSA) is 260 Å². The molecule has 0 spiro atoms. The molecule has 2 fully saturated rings. The average molecular weight is 1010 g/mol. The molecule has 1 aromatic heterocycles. The Kier molecular flexibility index (Phi) is 19.1. The number of likely N-dealkylation sites (N-methyl/N-ethyl adjacent to an activating group) is 2. The Balaban J connectivity index is 1.34. The summed E-state index contributed by atoms with van der Waals surface area (Å²) in [6.07, 6.45) is 0.155. The fourth-order valence-electron chi connectivity index (χ4n) is 9.16. The molecule has 3 aromatic rings. The van der Waals surface area contributed by atoms with Crippen LogP contribution in [0.15, 0.2) is 66.7 Å². The number of benzene rings is 2. The monoisotopic (exact) mass is 1010 g/mol. The minimum Gasteiger partial charge on any atom is -0.363 e. The summed E-state index contributed by atoms with van der Waals surface area (Å²) in [6, 6.07) is 13.4. The molecule has 2 aliphatic heterocycles. The lowest BCUT2D eigenvalue weighted by atomic mass is 9.84. The van der Waals surface area contributed by atoms with Crippen molar-refractivity contribution in [3.05, 3.63) is 89.2 Å². The van der Waals surface area contributed by atoms with Crippen molar-refractivity contribution in [3.8, 4) is 0 Å². The number of hydrogen-bond acceptors (Lipinski definition) is 12. The number of rotatable bonds is 20. The molecule has 2 saturated heterocycles. The summed E-state index contributed by atoms with van der Waals surface area (Å²) in [6.45, 7) is 20.4. The standard InChI is InChI=1S/C53H80N12O8/c1-30(34-21-17-15-18-22-34)56-47(69)40-25-36(28-64(40)49(71)42(51(5,6)7)60-44(66)32(3)54-12)58-45(67)38-27-39(63-62-38)46(68)59-37-26-41(48(70)57-31(2)35-23-19-16-20-24-35)65(29-37)50(72)43(52(8,9)10)61-53(11,73-14)33(4)55-13/h15-24,27,30-33,36-37,40-43,54-55,61H,25-26,28-29H2,1-14H3,(H,56,69)(H,57,70)(H,58,67)(H,59,68)(H,60,66)(H,62,63)/t30-,31-,32+,33+,36+,37+,40+,41+,42-,43-,53?/m1/s1. The third-order valence-corrected chi connectivity index (χ3v) is 14.3. The highest BCUT2D eigenvalue weighted by Gasteiger charge is 2.49. The number of ether oxygens (including phenoxy) is 1. The molecule has 400 valence electrons. The molecule has 5 rings (SSSR count). The van der Waals surface area contributed by atoms with Gasteiger partial charge in [-0.2, -0.15) is 5.10 Å². The number of H-pyrrole nitrogens is 1. The van der Waals surface area contributed by atoms with Crippen molar-refractivity contribution >= 4 is 41.4 Å². The number of carbonyl (C=O) groups is 7. The van der Waals surface area contributed by atoms with Gasteiger partial charge in [0.2, 0.25) is 29.5 Å². The highest BCUT2D eigenvalue weighted by molar-refractivity contribution is 5.99. The van der Waals surface area contributed by atoms with E-state index in [4.69, 9.17) is 4.74 Å². The summed E-state index contributed by atoms with van der Waals surface area (Å²) in [4.78, 5) is 102. The van der Waals surface area contributed by atoms with Crippen LogP contribution in [0.3, 0.4) is 0 Å². The van der Waals surface area contributed by atoms with Crippen LogP contribution in [0.1, 0.15) is 133 Å². The minimum absolute atomic E-state index is 0.00369. The summed E-state index contributed by atoms with van der Waals surface area (Å²) in [5.74, 6) is -3.30. The Morgan fingerprint density at radius 3 is 1.52 bits per heavy atom. The van der Waals surface area contributed by atoms with Gasteiger partial charge in [0.15, 0.2) is 5.69 Å². The van der Waals surface area contributed by atoms with Crippen LogP contribution in [0.25, 0.3) is 0 Å². The smallest absolute Gasteiger partial charge is 0.272 e. The van der Waals surface area contributed by atoms with Crippen molar-refractivity contribution in [1.82, 2.24) is 62.5 Å². The van der Waals surface area contributed by atoms with Gasteiger partial charge in [0.25, 0.3) is 11.8 Å². The molecule has 2 aliphatic rings. The van der Waals surface area contributed by atoms with Crippen LogP contribution >= 0.6 is 0 Å². The quantitative estimate of drug-likeness (QED) is 0.0741. The number of hydrogen-bond donors (Lipinski definition) is 9. The number of carbonyl (C=O) groups excluding carboxylic acids is 7. The predicted molar refractivity (Wildman–Crippen MR) is 278 cm³/mol. The molecule has 9 N–H and O–H groups in total. The van der Waals surface area contributed by atoms with E-state index in [1.54, 1.807) is 28.1 Å².